The van der Waals surface area contributed by atoms with Crippen molar-refractivity contribution in [1.82, 2.24) is 0 Å². The first-order valence-corrected chi connectivity index (χ1v) is 4.59. The second-order valence-electron chi connectivity index (χ2n) is 3.03. The van der Waals surface area contributed by atoms with Crippen LogP contribution in [-0.4, -0.2) is 32.4 Å². The average molecular weight is 197 g/mol. The van der Waals surface area contributed by atoms with Gasteiger partial charge in [0.25, 0.3) is 0 Å². The molecule has 0 amide bonds. The van der Waals surface area contributed by atoms with E-state index >= 15 is 0 Å². The lowest BCUT2D eigenvalue weighted by Crippen LogP contribution is -2.13. The SMILES string of the molecule is CN=C1CC=C(OCC(=O)OC)CC1. The summed E-state index contributed by atoms with van der Waals surface area (Å²) in [4.78, 5) is 14.9. The standard InChI is InChI=1S/C10H15NO3/c1-11-8-3-5-9(6-4-8)14-7-10(12)13-2/h5H,3-4,6-7H2,1-2H3. The number of nitrogens with zero attached hydrogens (tertiary/aromatic N) is 1. The van der Waals surface area contributed by atoms with E-state index in [1.807, 2.05) is 6.08 Å². The Morgan fingerprint density at radius 3 is 2.86 bits per heavy atom. The highest BCUT2D eigenvalue weighted by Crippen LogP contribution is 2.16. The zero-order valence-corrected chi connectivity index (χ0v) is 8.58. The van der Waals surface area contributed by atoms with Crippen LogP contribution in [0.3, 0.4) is 0 Å². The van der Waals surface area contributed by atoms with Crippen molar-refractivity contribution in [3.8, 4) is 0 Å². The zero-order chi connectivity index (χ0) is 10.4. The van der Waals surface area contributed by atoms with E-state index in [2.05, 4.69) is 9.73 Å². The molecule has 0 saturated heterocycles. The fourth-order valence-electron chi connectivity index (χ4n) is 1.25. The molecule has 0 aromatic rings. The maximum absolute atomic E-state index is 10.8. The first-order valence-electron chi connectivity index (χ1n) is 4.59. The summed E-state index contributed by atoms with van der Waals surface area (Å²) in [5.74, 6) is 0.517. The van der Waals surface area contributed by atoms with Crippen molar-refractivity contribution in [2.75, 3.05) is 20.8 Å². The van der Waals surface area contributed by atoms with Crippen LogP contribution in [0.5, 0.6) is 0 Å². The van der Waals surface area contributed by atoms with E-state index < -0.39 is 0 Å². The molecule has 0 aliphatic heterocycles. The number of hydrogen-bond acceptors (Lipinski definition) is 4. The van der Waals surface area contributed by atoms with Gasteiger partial charge in [0.2, 0.25) is 0 Å². The number of aliphatic imine (C=N–C) groups is 1. The molecule has 14 heavy (non-hydrogen) atoms. The van der Waals surface area contributed by atoms with Crippen LogP contribution in [0.15, 0.2) is 16.8 Å². The van der Waals surface area contributed by atoms with Gasteiger partial charge in [-0.3, -0.25) is 4.99 Å². The largest absolute Gasteiger partial charge is 0.487 e. The molecule has 0 aromatic carbocycles. The predicted octanol–water partition coefficient (Wildman–Crippen LogP) is 1.31. The van der Waals surface area contributed by atoms with Gasteiger partial charge in [-0.15, -0.1) is 0 Å². The summed E-state index contributed by atoms with van der Waals surface area (Å²) in [7, 11) is 3.15. The summed E-state index contributed by atoms with van der Waals surface area (Å²) < 4.78 is 9.73. The van der Waals surface area contributed by atoms with Gasteiger partial charge in [-0.05, 0) is 12.5 Å². The third-order valence-electron chi connectivity index (χ3n) is 2.14. The lowest BCUT2D eigenvalue weighted by atomic mass is 10.0. The summed E-state index contributed by atoms with van der Waals surface area (Å²) in [5, 5.41) is 0. The Kier molecular flexibility index (Phi) is 4.16. The lowest BCUT2D eigenvalue weighted by molar-refractivity contribution is -0.144. The first-order chi connectivity index (χ1) is 6.76. The average Bonchev–Trinajstić information content (AvgIpc) is 2.26. The van der Waals surface area contributed by atoms with Gasteiger partial charge in [-0.1, -0.05) is 0 Å². The van der Waals surface area contributed by atoms with Crippen LogP contribution in [-0.2, 0) is 14.3 Å². The van der Waals surface area contributed by atoms with Crippen molar-refractivity contribution in [3.63, 3.8) is 0 Å². The van der Waals surface area contributed by atoms with Gasteiger partial charge in [0.15, 0.2) is 6.61 Å². The normalized spacial score (nSPS) is 19.0. The van der Waals surface area contributed by atoms with Gasteiger partial charge < -0.3 is 9.47 Å². The minimum Gasteiger partial charge on any atom is -0.487 e. The molecule has 0 spiro atoms. The molecule has 0 radical (unpaired) electrons. The number of hydrogen-bond donors (Lipinski definition) is 0. The number of carbonyl (C=O) groups is 1. The fourth-order valence-corrected chi connectivity index (χ4v) is 1.25. The maximum atomic E-state index is 10.8. The van der Waals surface area contributed by atoms with Gasteiger partial charge in [-0.2, -0.15) is 0 Å². The highest BCUT2D eigenvalue weighted by molar-refractivity contribution is 5.86. The Bertz CT molecular complexity index is 269. The number of methoxy groups -OCH3 is 1. The van der Waals surface area contributed by atoms with Crippen LogP contribution in [0.2, 0.25) is 0 Å². The van der Waals surface area contributed by atoms with Crippen molar-refractivity contribution in [2.24, 2.45) is 4.99 Å². The number of ether oxygens (including phenoxy) is 2. The van der Waals surface area contributed by atoms with Gasteiger partial charge in [-0.25, -0.2) is 4.79 Å². The fraction of sp³-hybridized carbons (Fsp3) is 0.600. The zero-order valence-electron chi connectivity index (χ0n) is 8.58. The molecule has 0 saturated carbocycles. The summed E-state index contributed by atoms with van der Waals surface area (Å²) in [6.07, 6.45) is 4.54. The maximum Gasteiger partial charge on any atom is 0.343 e. The molecular weight excluding hydrogens is 182 g/mol. The van der Waals surface area contributed by atoms with Crippen molar-refractivity contribution in [2.45, 2.75) is 19.3 Å². The molecule has 0 bridgehead atoms. The minimum atomic E-state index is -0.346. The smallest absolute Gasteiger partial charge is 0.343 e. The lowest BCUT2D eigenvalue weighted by Gasteiger charge is -2.14. The van der Waals surface area contributed by atoms with Gasteiger partial charge in [0, 0.05) is 25.6 Å². The molecule has 78 valence electrons. The monoisotopic (exact) mass is 197 g/mol. The van der Waals surface area contributed by atoms with Gasteiger partial charge >= 0.3 is 5.97 Å². The number of carbonyl (C=O) groups excluding carboxylic acids is 1. The van der Waals surface area contributed by atoms with Gasteiger partial charge in [0.05, 0.1) is 12.9 Å². The molecule has 0 aromatic heterocycles. The Morgan fingerprint density at radius 1 is 1.57 bits per heavy atom. The Morgan fingerprint density at radius 2 is 2.36 bits per heavy atom. The number of rotatable bonds is 3. The van der Waals surface area contributed by atoms with E-state index in [-0.39, 0.29) is 12.6 Å². The molecule has 1 aliphatic carbocycles. The van der Waals surface area contributed by atoms with E-state index in [4.69, 9.17) is 4.74 Å². The van der Waals surface area contributed by atoms with Crippen LogP contribution in [0.25, 0.3) is 0 Å². The Balaban J connectivity index is 2.33. The summed E-state index contributed by atoms with van der Waals surface area (Å²) in [5.41, 5.74) is 1.18. The second-order valence-corrected chi connectivity index (χ2v) is 3.03. The van der Waals surface area contributed by atoms with Gasteiger partial charge in [0.1, 0.15) is 0 Å². The molecule has 1 aliphatic rings. The van der Waals surface area contributed by atoms with Crippen molar-refractivity contribution in [1.29, 1.82) is 0 Å². The van der Waals surface area contributed by atoms with Crippen LogP contribution in [0.4, 0.5) is 0 Å². The van der Waals surface area contributed by atoms with Crippen molar-refractivity contribution >= 4 is 11.7 Å². The van der Waals surface area contributed by atoms with E-state index in [0.29, 0.717) is 0 Å². The van der Waals surface area contributed by atoms with Crippen LogP contribution >= 0.6 is 0 Å². The minimum absolute atomic E-state index is 0.000927. The molecule has 0 fully saturated rings. The number of esters is 1. The van der Waals surface area contributed by atoms with E-state index in [0.717, 1.165) is 25.0 Å². The summed E-state index contributed by atoms with van der Waals surface area (Å²) in [6, 6.07) is 0. The van der Waals surface area contributed by atoms with Crippen LogP contribution in [0, 0.1) is 0 Å². The molecule has 4 heteroatoms. The third-order valence-corrected chi connectivity index (χ3v) is 2.14. The molecular formula is C10H15NO3. The van der Waals surface area contributed by atoms with E-state index in [1.165, 1.54) is 12.8 Å². The van der Waals surface area contributed by atoms with Crippen LogP contribution in [0.1, 0.15) is 19.3 Å². The van der Waals surface area contributed by atoms with Crippen molar-refractivity contribution in [3.05, 3.63) is 11.8 Å². The van der Waals surface area contributed by atoms with Crippen LogP contribution < -0.4 is 0 Å². The topological polar surface area (TPSA) is 47.9 Å². The summed E-state index contributed by atoms with van der Waals surface area (Å²) >= 11 is 0. The third kappa shape index (κ3) is 3.20. The predicted molar refractivity (Wildman–Crippen MR) is 53.3 cm³/mol. The van der Waals surface area contributed by atoms with E-state index in [9.17, 15) is 4.79 Å². The molecule has 4 nitrogen and oxygen atoms in total. The first kappa shape index (κ1) is 10.8. The highest BCUT2D eigenvalue weighted by atomic mass is 16.6. The number of allylic oxidation sites excluding steroid dienone is 2. The quantitative estimate of drug-likeness (QED) is 0.641. The van der Waals surface area contributed by atoms with E-state index in [1.54, 1.807) is 7.05 Å². The molecule has 1 rings (SSSR count). The molecule has 0 heterocycles. The highest BCUT2D eigenvalue weighted by Gasteiger charge is 2.10. The van der Waals surface area contributed by atoms with Crippen molar-refractivity contribution < 1.29 is 14.3 Å². The molecule has 0 unspecified atom stereocenters. The Hall–Kier alpha value is -1.32. The molecule has 0 atom stereocenters. The second kappa shape index (κ2) is 5.42. The Labute approximate surface area is 83.6 Å². The molecule has 0 N–H and O–H groups in total. The summed E-state index contributed by atoms with van der Waals surface area (Å²) in [6.45, 7) is 0.000927.